The van der Waals surface area contributed by atoms with E-state index >= 15 is 0 Å². The minimum absolute atomic E-state index is 0.898. The molecule has 0 aliphatic carbocycles. The second-order valence-electron chi connectivity index (χ2n) is 17.4. The Kier molecular flexibility index (Phi) is 7.41. The lowest BCUT2D eigenvalue weighted by atomic mass is 9.99. The van der Waals surface area contributed by atoms with Crippen molar-refractivity contribution >= 4 is 119 Å². The Morgan fingerprint density at radius 1 is 0.288 bits per heavy atom. The van der Waals surface area contributed by atoms with E-state index in [-0.39, 0.29) is 0 Å². The van der Waals surface area contributed by atoms with Crippen LogP contribution in [0.1, 0.15) is 0 Å². The third kappa shape index (κ3) is 4.92. The van der Waals surface area contributed by atoms with Crippen LogP contribution in [0, 0.1) is 0 Å². The molecule has 66 heavy (non-hydrogen) atoms. The van der Waals surface area contributed by atoms with Crippen LogP contribution < -0.4 is 30.6 Å². The van der Waals surface area contributed by atoms with E-state index in [2.05, 4.69) is 232 Å². The van der Waals surface area contributed by atoms with E-state index in [9.17, 15) is 0 Å². The number of furan rings is 1. The maximum absolute atomic E-state index is 6.26. The Morgan fingerprint density at radius 2 is 0.773 bits per heavy atom. The van der Waals surface area contributed by atoms with Crippen molar-refractivity contribution < 1.29 is 4.42 Å². The third-order valence-electron chi connectivity index (χ3n) is 13.8. The zero-order chi connectivity index (χ0) is 43.0. The van der Waals surface area contributed by atoms with E-state index in [0.717, 1.165) is 44.7 Å². The fourth-order valence-electron chi connectivity index (χ4n) is 11.1. The molecule has 0 bridgehead atoms. The molecule has 5 heterocycles. The first-order valence-electron chi connectivity index (χ1n) is 22.5. The van der Waals surface area contributed by atoms with E-state index in [1.54, 1.807) is 0 Å². The Labute approximate surface area is 382 Å². The molecule has 0 saturated carbocycles. The smallest absolute Gasteiger partial charge is 0.135 e. The molecule has 2 aromatic heterocycles. The van der Waals surface area contributed by atoms with Crippen molar-refractivity contribution in [2.45, 2.75) is 0 Å². The average molecular weight is 861 g/mol. The highest BCUT2D eigenvalue weighted by atomic mass is 31.1. The zero-order valence-electron chi connectivity index (χ0n) is 35.5. The predicted octanol–water partition coefficient (Wildman–Crippen LogP) is 15.5. The van der Waals surface area contributed by atoms with Crippen molar-refractivity contribution in [1.82, 2.24) is 4.57 Å². The molecule has 0 radical (unpaired) electrons. The van der Waals surface area contributed by atoms with Gasteiger partial charge in [0.05, 0.1) is 45.2 Å². The van der Waals surface area contributed by atoms with Gasteiger partial charge in [0.2, 0.25) is 0 Å². The molecule has 3 aliphatic heterocycles. The molecule has 0 N–H and O–H groups in total. The van der Waals surface area contributed by atoms with E-state index in [0.29, 0.717) is 0 Å². The van der Waals surface area contributed by atoms with Gasteiger partial charge in [-0.1, -0.05) is 109 Å². The summed E-state index contributed by atoms with van der Waals surface area (Å²) in [5.74, 6) is 0. The number of hydrogen-bond donors (Lipinski definition) is 0. The van der Waals surface area contributed by atoms with Crippen LogP contribution in [0.3, 0.4) is 0 Å². The molecule has 12 aromatic rings. The summed E-state index contributed by atoms with van der Waals surface area (Å²) in [6.07, 6.45) is 0. The van der Waals surface area contributed by atoms with Crippen molar-refractivity contribution in [3.8, 4) is 16.8 Å². The average Bonchev–Trinajstić information content (AvgIpc) is 3.92. The van der Waals surface area contributed by atoms with Crippen LogP contribution in [-0.4, -0.2) is 4.57 Å². The van der Waals surface area contributed by atoms with Crippen molar-refractivity contribution in [3.05, 3.63) is 224 Å². The van der Waals surface area contributed by atoms with Gasteiger partial charge in [-0.3, -0.25) is 0 Å². The minimum Gasteiger partial charge on any atom is -0.456 e. The van der Waals surface area contributed by atoms with Gasteiger partial charge in [-0.25, -0.2) is 0 Å². The summed E-state index contributed by atoms with van der Waals surface area (Å²) in [5.41, 5.74) is 18.4. The number of anilines is 9. The van der Waals surface area contributed by atoms with Crippen LogP contribution >= 0.6 is 7.92 Å². The number of aromatic nitrogens is 1. The Morgan fingerprint density at radius 3 is 1.38 bits per heavy atom. The minimum atomic E-state index is -0.966. The molecule has 308 valence electrons. The molecule has 10 aromatic carbocycles. The first kappa shape index (κ1) is 36.0. The van der Waals surface area contributed by atoms with Crippen molar-refractivity contribution in [1.29, 1.82) is 0 Å². The van der Waals surface area contributed by atoms with Crippen molar-refractivity contribution in [3.63, 3.8) is 0 Å². The van der Waals surface area contributed by atoms with Gasteiger partial charge in [0.1, 0.15) is 11.2 Å². The summed E-state index contributed by atoms with van der Waals surface area (Å²) in [7, 11) is -0.966. The van der Waals surface area contributed by atoms with Crippen molar-refractivity contribution in [2.24, 2.45) is 0 Å². The van der Waals surface area contributed by atoms with Crippen LogP contribution in [0.15, 0.2) is 229 Å². The fraction of sp³-hybridized carbons (Fsp3) is 0. The highest BCUT2D eigenvalue weighted by molar-refractivity contribution is 7.82. The lowest BCUT2D eigenvalue weighted by Crippen LogP contribution is -2.45. The van der Waals surface area contributed by atoms with Crippen LogP contribution in [0.2, 0.25) is 0 Å². The molecule has 0 atom stereocenters. The van der Waals surface area contributed by atoms with Gasteiger partial charge in [-0.2, -0.15) is 0 Å². The number of fused-ring (bicyclic) bond motifs is 6. The van der Waals surface area contributed by atoms with E-state index < -0.39 is 7.92 Å². The van der Waals surface area contributed by atoms with Crippen LogP contribution in [-0.2, 0) is 0 Å². The third-order valence-corrected chi connectivity index (χ3v) is 16.6. The molecule has 0 amide bonds. The Balaban J connectivity index is 1.00. The predicted molar refractivity (Wildman–Crippen MR) is 277 cm³/mol. The summed E-state index contributed by atoms with van der Waals surface area (Å²) >= 11 is 0. The standard InChI is InChI=1S/C60H37N4OP/c1-4-16-40(17-5-1)61-50-25-14-27-52-58(50)66-59-51(61)26-15-28-53(59)63(42-20-8-3-9-21-42)55-36-39(35-54(60(55)66)62(52)41-18-6-2-7-19-41)38-30-32-49-46(34-38)44-22-10-12-24-48(44)64(49)43-31-33-57-47(37-43)45-23-11-13-29-56(45)65-57/h1-37H. The quantitative estimate of drug-likeness (QED) is 0.161. The summed E-state index contributed by atoms with van der Waals surface area (Å²) in [6, 6.07) is 82.3. The lowest BCUT2D eigenvalue weighted by Gasteiger charge is -2.50. The topological polar surface area (TPSA) is 27.8 Å². The van der Waals surface area contributed by atoms with E-state index in [1.807, 2.05) is 12.1 Å². The maximum atomic E-state index is 6.26. The molecule has 3 aliphatic rings. The summed E-state index contributed by atoms with van der Waals surface area (Å²) in [6.45, 7) is 0. The summed E-state index contributed by atoms with van der Waals surface area (Å²) < 4.78 is 8.67. The van der Waals surface area contributed by atoms with Gasteiger partial charge >= 0.3 is 0 Å². The molecule has 6 heteroatoms. The number of benzene rings is 10. The van der Waals surface area contributed by atoms with Crippen LogP contribution in [0.5, 0.6) is 0 Å². The number of para-hydroxylation sites is 5. The van der Waals surface area contributed by atoms with Gasteiger partial charge in [0.15, 0.2) is 0 Å². The maximum Gasteiger partial charge on any atom is 0.135 e. The van der Waals surface area contributed by atoms with Gasteiger partial charge in [-0.15, -0.1) is 0 Å². The number of hydrogen-bond acceptors (Lipinski definition) is 4. The normalized spacial score (nSPS) is 13.6. The second kappa shape index (κ2) is 13.6. The first-order chi connectivity index (χ1) is 32.8. The zero-order valence-corrected chi connectivity index (χ0v) is 36.4. The first-order valence-corrected chi connectivity index (χ1v) is 23.9. The van der Waals surface area contributed by atoms with Gasteiger partial charge in [0, 0.05) is 68.1 Å². The SMILES string of the molecule is c1ccc(N2c3cccc4c3P3c5c2cccc5N(c2ccccc2)c2cc(-c5ccc6c(c5)c5ccccc5n6-c5ccc6oc7ccccc7c6c5)cc(c23)N4c2ccccc2)cc1. The Bertz CT molecular complexity index is 3850. The molecular weight excluding hydrogens is 824 g/mol. The van der Waals surface area contributed by atoms with Gasteiger partial charge in [-0.05, 0) is 126 Å². The fourth-order valence-corrected chi connectivity index (χ4v) is 14.2. The van der Waals surface area contributed by atoms with Crippen LogP contribution in [0.25, 0.3) is 60.6 Å². The molecular formula is C60H37N4OP. The summed E-state index contributed by atoms with van der Waals surface area (Å²) in [4.78, 5) is 7.56. The lowest BCUT2D eigenvalue weighted by molar-refractivity contribution is 0.669. The monoisotopic (exact) mass is 860 g/mol. The molecule has 5 nitrogen and oxygen atoms in total. The number of rotatable bonds is 5. The second-order valence-corrected chi connectivity index (χ2v) is 19.4. The molecule has 0 unspecified atom stereocenters. The van der Waals surface area contributed by atoms with Gasteiger partial charge < -0.3 is 23.7 Å². The Hall–Kier alpha value is -8.37. The molecule has 0 fully saturated rings. The summed E-state index contributed by atoms with van der Waals surface area (Å²) in [5, 5.41) is 8.86. The van der Waals surface area contributed by atoms with E-state index in [4.69, 9.17) is 4.42 Å². The van der Waals surface area contributed by atoms with Gasteiger partial charge in [0.25, 0.3) is 0 Å². The van der Waals surface area contributed by atoms with Crippen molar-refractivity contribution in [2.75, 3.05) is 14.7 Å². The molecule has 0 saturated heterocycles. The van der Waals surface area contributed by atoms with E-state index in [1.165, 1.54) is 83.0 Å². The highest BCUT2D eigenvalue weighted by Gasteiger charge is 2.47. The number of nitrogens with zero attached hydrogens (tertiary/aromatic N) is 4. The van der Waals surface area contributed by atoms with Crippen LogP contribution in [0.4, 0.5) is 51.2 Å². The largest absolute Gasteiger partial charge is 0.456 e. The highest BCUT2D eigenvalue weighted by Crippen LogP contribution is 2.63. The molecule has 0 spiro atoms. The molecule has 15 rings (SSSR count).